The number of halogens is 1. The van der Waals surface area contributed by atoms with E-state index >= 15 is 0 Å². The molecule has 1 heterocycles. The van der Waals surface area contributed by atoms with E-state index in [2.05, 4.69) is 26.6 Å². The molecule has 1 atom stereocenters. The second kappa shape index (κ2) is 7.92. The van der Waals surface area contributed by atoms with E-state index in [9.17, 15) is 14.4 Å². The lowest BCUT2D eigenvalue weighted by Gasteiger charge is -2.18. The Morgan fingerprint density at radius 1 is 1.07 bits per heavy atom. The highest BCUT2D eigenvalue weighted by Gasteiger charge is 2.38. The van der Waals surface area contributed by atoms with Gasteiger partial charge in [-0.2, -0.15) is 0 Å². The minimum Gasteiger partial charge on any atom is -0.326 e. The van der Waals surface area contributed by atoms with E-state index in [1.54, 1.807) is 23.1 Å². The zero-order chi connectivity index (χ0) is 19.6. The van der Waals surface area contributed by atoms with Crippen molar-refractivity contribution in [1.29, 1.82) is 0 Å². The van der Waals surface area contributed by atoms with E-state index < -0.39 is 5.92 Å². The van der Waals surface area contributed by atoms with Crippen LogP contribution >= 0.6 is 15.9 Å². The summed E-state index contributed by atoms with van der Waals surface area (Å²) in [7, 11) is 0. The number of nitrogens with zero attached hydrogens (tertiary/aromatic N) is 1. The zero-order valence-electron chi connectivity index (χ0n) is 15.1. The lowest BCUT2D eigenvalue weighted by atomic mass is 10.1. The molecule has 2 N–H and O–H groups in total. The maximum absolute atomic E-state index is 12.8. The molecule has 3 rings (SSSR count). The molecule has 0 spiro atoms. The topological polar surface area (TPSA) is 78.5 Å². The highest BCUT2D eigenvalue weighted by molar-refractivity contribution is 9.10. The van der Waals surface area contributed by atoms with E-state index in [1.165, 1.54) is 6.92 Å². The van der Waals surface area contributed by atoms with Crippen LogP contribution in [-0.4, -0.2) is 24.3 Å². The number of hydrogen-bond acceptors (Lipinski definition) is 3. The lowest BCUT2D eigenvalue weighted by Crippen LogP contribution is -2.33. The van der Waals surface area contributed by atoms with Gasteiger partial charge in [-0.15, -0.1) is 0 Å². The van der Waals surface area contributed by atoms with Gasteiger partial charge in [0.1, 0.15) is 5.92 Å². The van der Waals surface area contributed by atoms with E-state index in [0.717, 1.165) is 15.7 Å². The number of anilines is 3. The van der Waals surface area contributed by atoms with E-state index in [4.69, 9.17) is 0 Å². The smallest absolute Gasteiger partial charge is 0.239 e. The van der Waals surface area contributed by atoms with Crippen LogP contribution < -0.4 is 15.5 Å². The van der Waals surface area contributed by atoms with Crippen molar-refractivity contribution in [1.82, 2.24) is 0 Å². The lowest BCUT2D eigenvalue weighted by molar-refractivity contribution is -0.129. The number of rotatable bonds is 4. The van der Waals surface area contributed by atoms with Crippen LogP contribution in [-0.2, 0) is 14.4 Å². The third kappa shape index (κ3) is 4.03. The predicted molar refractivity (Wildman–Crippen MR) is 109 cm³/mol. The van der Waals surface area contributed by atoms with Gasteiger partial charge in [-0.3, -0.25) is 14.4 Å². The molecular weight excluding hydrogens is 410 g/mol. The van der Waals surface area contributed by atoms with Crippen LogP contribution in [0.3, 0.4) is 0 Å². The summed E-state index contributed by atoms with van der Waals surface area (Å²) in [5, 5.41) is 5.56. The first-order chi connectivity index (χ1) is 12.9. The second-order valence-electron chi connectivity index (χ2n) is 6.43. The largest absolute Gasteiger partial charge is 0.326 e. The molecule has 1 aliphatic rings. The van der Waals surface area contributed by atoms with Gasteiger partial charge in [-0.05, 0) is 59.1 Å². The summed E-state index contributed by atoms with van der Waals surface area (Å²) in [5.41, 5.74) is 2.72. The van der Waals surface area contributed by atoms with Crippen LogP contribution in [0.5, 0.6) is 0 Å². The van der Waals surface area contributed by atoms with Crippen LogP contribution in [0.2, 0.25) is 0 Å². The van der Waals surface area contributed by atoms with Gasteiger partial charge in [0, 0.05) is 29.3 Å². The molecule has 2 aromatic rings. The highest BCUT2D eigenvalue weighted by atomic mass is 79.9. The van der Waals surface area contributed by atoms with Crippen molar-refractivity contribution in [3.8, 4) is 0 Å². The standard InChI is InChI=1S/C20H20BrN3O3/c1-12-16(22-13(2)25)7-5-8-17(12)23-19(26)14-10-11-24(20(14)27)18-9-4-3-6-15(18)21/h3-9,14H,10-11H2,1-2H3,(H,22,25)(H,23,26). The number of carbonyl (C=O) groups excluding carboxylic acids is 3. The van der Waals surface area contributed by atoms with Crippen molar-refractivity contribution < 1.29 is 14.4 Å². The van der Waals surface area contributed by atoms with Gasteiger partial charge < -0.3 is 15.5 Å². The molecule has 0 aliphatic carbocycles. The molecule has 1 unspecified atom stereocenters. The molecular formula is C20H20BrN3O3. The summed E-state index contributed by atoms with van der Waals surface area (Å²) in [6, 6.07) is 12.7. The maximum Gasteiger partial charge on any atom is 0.239 e. The normalized spacial score (nSPS) is 16.3. The van der Waals surface area contributed by atoms with Crippen molar-refractivity contribution in [2.45, 2.75) is 20.3 Å². The molecule has 0 aromatic heterocycles. The Bertz CT molecular complexity index is 913. The summed E-state index contributed by atoms with van der Waals surface area (Å²) in [6.45, 7) is 3.73. The number of nitrogens with one attached hydrogen (secondary N) is 2. The Hall–Kier alpha value is -2.67. The van der Waals surface area contributed by atoms with Crippen LogP contribution in [0.4, 0.5) is 17.1 Å². The molecule has 2 aromatic carbocycles. The molecule has 27 heavy (non-hydrogen) atoms. The summed E-state index contributed by atoms with van der Waals surface area (Å²) in [5.74, 6) is -1.47. The molecule has 3 amide bonds. The molecule has 0 saturated carbocycles. The van der Waals surface area contributed by atoms with Crippen LogP contribution in [0.15, 0.2) is 46.9 Å². The van der Waals surface area contributed by atoms with Gasteiger partial charge in [0.05, 0.1) is 5.69 Å². The van der Waals surface area contributed by atoms with Crippen LogP contribution in [0.1, 0.15) is 18.9 Å². The van der Waals surface area contributed by atoms with Crippen molar-refractivity contribution in [3.05, 3.63) is 52.5 Å². The third-order valence-corrected chi connectivity index (χ3v) is 5.24. The Kier molecular flexibility index (Phi) is 5.60. The molecule has 7 heteroatoms. The first-order valence-corrected chi connectivity index (χ1v) is 9.41. The van der Waals surface area contributed by atoms with E-state index in [0.29, 0.717) is 24.3 Å². The van der Waals surface area contributed by atoms with Crippen molar-refractivity contribution >= 4 is 50.7 Å². The van der Waals surface area contributed by atoms with Crippen LogP contribution in [0, 0.1) is 12.8 Å². The Morgan fingerprint density at radius 2 is 1.74 bits per heavy atom. The summed E-state index contributed by atoms with van der Waals surface area (Å²) < 4.78 is 0.818. The number of benzene rings is 2. The Morgan fingerprint density at radius 3 is 2.41 bits per heavy atom. The van der Waals surface area contributed by atoms with Gasteiger partial charge in [0.15, 0.2) is 0 Å². The molecule has 1 saturated heterocycles. The second-order valence-corrected chi connectivity index (χ2v) is 7.29. The molecule has 140 valence electrons. The fraction of sp³-hybridized carbons (Fsp3) is 0.250. The summed E-state index contributed by atoms with van der Waals surface area (Å²) in [4.78, 5) is 38.4. The first-order valence-electron chi connectivity index (χ1n) is 8.62. The SMILES string of the molecule is CC(=O)Nc1cccc(NC(=O)C2CCN(c3ccccc3Br)C2=O)c1C. The predicted octanol–water partition coefficient (Wildman–Crippen LogP) is 3.71. The van der Waals surface area contributed by atoms with Crippen LogP contribution in [0.25, 0.3) is 0 Å². The number of hydrogen-bond donors (Lipinski definition) is 2. The average Bonchev–Trinajstić information content (AvgIpc) is 3.00. The Balaban J connectivity index is 1.75. The minimum absolute atomic E-state index is 0.184. The summed E-state index contributed by atoms with van der Waals surface area (Å²) in [6.07, 6.45) is 0.455. The molecule has 6 nitrogen and oxygen atoms in total. The van der Waals surface area contributed by atoms with Gasteiger partial charge in [-0.25, -0.2) is 0 Å². The van der Waals surface area contributed by atoms with Crippen molar-refractivity contribution in [3.63, 3.8) is 0 Å². The Labute approximate surface area is 166 Å². The van der Waals surface area contributed by atoms with Gasteiger partial charge in [-0.1, -0.05) is 18.2 Å². The number of carbonyl (C=O) groups is 3. The zero-order valence-corrected chi connectivity index (χ0v) is 16.7. The van der Waals surface area contributed by atoms with Crippen molar-refractivity contribution in [2.75, 3.05) is 22.1 Å². The molecule has 1 fully saturated rings. The number of para-hydroxylation sites is 1. The third-order valence-electron chi connectivity index (χ3n) is 4.57. The van der Waals surface area contributed by atoms with Gasteiger partial charge in [0.25, 0.3) is 0 Å². The van der Waals surface area contributed by atoms with Gasteiger partial charge in [0.2, 0.25) is 17.7 Å². The fourth-order valence-electron chi connectivity index (χ4n) is 3.15. The van der Waals surface area contributed by atoms with Crippen molar-refractivity contribution in [2.24, 2.45) is 5.92 Å². The van der Waals surface area contributed by atoms with E-state index in [1.807, 2.05) is 31.2 Å². The monoisotopic (exact) mass is 429 g/mol. The average molecular weight is 430 g/mol. The number of amides is 3. The molecule has 0 bridgehead atoms. The van der Waals surface area contributed by atoms with E-state index in [-0.39, 0.29) is 17.7 Å². The highest BCUT2D eigenvalue weighted by Crippen LogP contribution is 2.32. The fourth-order valence-corrected chi connectivity index (χ4v) is 3.65. The first kappa shape index (κ1) is 19.1. The minimum atomic E-state index is -0.735. The summed E-state index contributed by atoms with van der Waals surface area (Å²) >= 11 is 3.45. The van der Waals surface area contributed by atoms with Gasteiger partial charge >= 0.3 is 0 Å². The molecule has 0 radical (unpaired) electrons. The quantitative estimate of drug-likeness (QED) is 0.727. The maximum atomic E-state index is 12.8. The molecule has 1 aliphatic heterocycles.